The monoisotopic (exact) mass is 437 g/mol. The third-order valence-corrected chi connectivity index (χ3v) is 5.69. The van der Waals surface area contributed by atoms with Gasteiger partial charge in [0.2, 0.25) is 23.4 Å². The Bertz CT molecular complexity index is 1040. The van der Waals surface area contributed by atoms with E-state index in [0.29, 0.717) is 47.5 Å². The minimum atomic E-state index is 0.00626. The van der Waals surface area contributed by atoms with Crippen molar-refractivity contribution < 1.29 is 23.5 Å². The van der Waals surface area contributed by atoms with Crippen molar-refractivity contribution in [3.8, 4) is 28.6 Å². The van der Waals surface area contributed by atoms with Crippen molar-refractivity contribution in [2.24, 2.45) is 0 Å². The van der Waals surface area contributed by atoms with Crippen LogP contribution >= 0.6 is 0 Å². The number of ether oxygens (including phenoxy) is 3. The summed E-state index contributed by atoms with van der Waals surface area (Å²) in [6, 6.07) is 13.4. The van der Waals surface area contributed by atoms with Gasteiger partial charge < -0.3 is 23.6 Å². The van der Waals surface area contributed by atoms with Crippen LogP contribution in [0.1, 0.15) is 30.2 Å². The lowest BCUT2D eigenvalue weighted by atomic mass is 9.97. The summed E-state index contributed by atoms with van der Waals surface area (Å²) in [7, 11) is 4.68. The molecule has 8 nitrogen and oxygen atoms in total. The Morgan fingerprint density at radius 3 is 2.47 bits per heavy atom. The summed E-state index contributed by atoms with van der Waals surface area (Å²) < 4.78 is 21.8. The Morgan fingerprint density at radius 2 is 1.81 bits per heavy atom. The van der Waals surface area contributed by atoms with Gasteiger partial charge in [0, 0.05) is 18.7 Å². The zero-order valence-corrected chi connectivity index (χ0v) is 18.5. The van der Waals surface area contributed by atoms with Gasteiger partial charge in [-0.1, -0.05) is 35.5 Å². The number of aromatic nitrogens is 2. The lowest BCUT2D eigenvalue weighted by molar-refractivity contribution is -0.131. The molecule has 0 aliphatic carbocycles. The first-order valence-electron chi connectivity index (χ1n) is 10.6. The van der Waals surface area contributed by atoms with E-state index in [9.17, 15) is 4.79 Å². The van der Waals surface area contributed by atoms with E-state index in [0.717, 1.165) is 24.9 Å². The van der Waals surface area contributed by atoms with Gasteiger partial charge in [0.05, 0.1) is 33.7 Å². The molecule has 1 atom stereocenters. The summed E-state index contributed by atoms with van der Waals surface area (Å²) in [4.78, 5) is 19.3. The molecule has 1 aliphatic heterocycles. The number of carbonyl (C=O) groups is 1. The van der Waals surface area contributed by atoms with Crippen molar-refractivity contribution in [1.29, 1.82) is 0 Å². The fraction of sp³-hybridized carbons (Fsp3) is 0.375. The van der Waals surface area contributed by atoms with Crippen LogP contribution < -0.4 is 14.2 Å². The van der Waals surface area contributed by atoms with Crippen LogP contribution in [0.25, 0.3) is 11.4 Å². The van der Waals surface area contributed by atoms with Crippen molar-refractivity contribution >= 4 is 5.91 Å². The molecule has 2 heterocycles. The molecular formula is C24H27N3O5. The first-order valence-corrected chi connectivity index (χ1v) is 10.6. The van der Waals surface area contributed by atoms with Gasteiger partial charge in [-0.05, 0) is 30.5 Å². The van der Waals surface area contributed by atoms with Crippen molar-refractivity contribution in [3.05, 3.63) is 53.9 Å². The molecule has 8 heteroatoms. The van der Waals surface area contributed by atoms with E-state index in [-0.39, 0.29) is 11.8 Å². The van der Waals surface area contributed by atoms with Gasteiger partial charge in [-0.3, -0.25) is 4.79 Å². The molecular weight excluding hydrogens is 410 g/mol. The normalized spacial score (nSPS) is 16.0. The maximum absolute atomic E-state index is 12.8. The minimum Gasteiger partial charge on any atom is -0.493 e. The Labute approximate surface area is 187 Å². The van der Waals surface area contributed by atoms with E-state index >= 15 is 0 Å². The zero-order valence-electron chi connectivity index (χ0n) is 18.5. The number of carbonyl (C=O) groups excluding carboxylic acids is 1. The lowest BCUT2D eigenvalue weighted by Gasteiger charge is -2.31. The summed E-state index contributed by atoms with van der Waals surface area (Å²) in [6.07, 6.45) is 2.19. The topological polar surface area (TPSA) is 86.9 Å². The number of methoxy groups -OCH3 is 3. The van der Waals surface area contributed by atoms with E-state index in [4.69, 9.17) is 18.7 Å². The number of amides is 1. The van der Waals surface area contributed by atoms with Crippen LogP contribution in [0.4, 0.5) is 0 Å². The number of hydrogen-bond donors (Lipinski definition) is 0. The van der Waals surface area contributed by atoms with Crippen LogP contribution in [0.5, 0.6) is 17.2 Å². The highest BCUT2D eigenvalue weighted by Gasteiger charge is 2.29. The van der Waals surface area contributed by atoms with Crippen LogP contribution in [0.3, 0.4) is 0 Å². The maximum atomic E-state index is 12.8. The Balaban J connectivity index is 1.50. The fourth-order valence-electron chi connectivity index (χ4n) is 4.02. The summed E-state index contributed by atoms with van der Waals surface area (Å²) in [5.74, 6) is 2.63. The number of piperidine rings is 1. The van der Waals surface area contributed by atoms with Gasteiger partial charge in [0.15, 0.2) is 11.5 Å². The number of rotatable bonds is 7. The van der Waals surface area contributed by atoms with Crippen LogP contribution in [-0.4, -0.2) is 55.4 Å². The minimum absolute atomic E-state index is 0.00626. The molecule has 1 fully saturated rings. The van der Waals surface area contributed by atoms with E-state index in [1.165, 1.54) is 0 Å². The van der Waals surface area contributed by atoms with Gasteiger partial charge in [-0.15, -0.1) is 0 Å². The van der Waals surface area contributed by atoms with E-state index in [2.05, 4.69) is 10.1 Å². The molecule has 0 radical (unpaired) electrons. The van der Waals surface area contributed by atoms with Gasteiger partial charge in [0.25, 0.3) is 0 Å². The van der Waals surface area contributed by atoms with Gasteiger partial charge in [0.1, 0.15) is 0 Å². The van der Waals surface area contributed by atoms with Crippen LogP contribution in [0.15, 0.2) is 47.0 Å². The SMILES string of the molecule is COc1cc(-c2noc(C3CCCN(C(=O)Cc4ccccc4)C3)n2)cc(OC)c1OC. The molecule has 3 aromatic rings. The highest BCUT2D eigenvalue weighted by Crippen LogP contribution is 2.41. The zero-order chi connectivity index (χ0) is 22.5. The predicted molar refractivity (Wildman–Crippen MR) is 118 cm³/mol. The Kier molecular flexibility index (Phi) is 6.58. The average Bonchev–Trinajstić information content (AvgIpc) is 3.34. The molecule has 0 N–H and O–H groups in total. The molecule has 1 saturated heterocycles. The lowest BCUT2D eigenvalue weighted by Crippen LogP contribution is -2.40. The highest BCUT2D eigenvalue weighted by atomic mass is 16.5. The summed E-state index contributed by atoms with van der Waals surface area (Å²) in [5, 5.41) is 4.16. The maximum Gasteiger partial charge on any atom is 0.231 e. The summed E-state index contributed by atoms with van der Waals surface area (Å²) >= 11 is 0. The third kappa shape index (κ3) is 4.54. The largest absolute Gasteiger partial charge is 0.493 e. The van der Waals surface area contributed by atoms with Gasteiger partial charge in [-0.2, -0.15) is 4.98 Å². The second kappa shape index (κ2) is 9.72. The van der Waals surface area contributed by atoms with Gasteiger partial charge >= 0.3 is 0 Å². The molecule has 32 heavy (non-hydrogen) atoms. The van der Waals surface area contributed by atoms with Gasteiger partial charge in [-0.25, -0.2) is 0 Å². The Morgan fingerprint density at radius 1 is 1.09 bits per heavy atom. The second-order valence-electron chi connectivity index (χ2n) is 7.71. The van der Waals surface area contributed by atoms with Crippen molar-refractivity contribution in [2.75, 3.05) is 34.4 Å². The van der Waals surface area contributed by atoms with E-state index in [1.807, 2.05) is 35.2 Å². The third-order valence-electron chi connectivity index (χ3n) is 5.69. The first kappa shape index (κ1) is 21.7. The number of nitrogens with zero attached hydrogens (tertiary/aromatic N) is 3. The molecule has 0 saturated carbocycles. The van der Waals surface area contributed by atoms with Crippen molar-refractivity contribution in [2.45, 2.75) is 25.2 Å². The molecule has 2 aromatic carbocycles. The van der Waals surface area contributed by atoms with Crippen molar-refractivity contribution in [1.82, 2.24) is 15.0 Å². The summed E-state index contributed by atoms with van der Waals surface area (Å²) in [5.41, 5.74) is 1.71. The standard InChI is InChI=1S/C24H27N3O5/c1-29-19-13-18(14-20(30-2)22(19)31-3)23-25-24(32-26-23)17-10-7-11-27(15-17)21(28)12-16-8-5-4-6-9-16/h4-6,8-9,13-14,17H,7,10-12,15H2,1-3H3. The van der Waals surface area contributed by atoms with Crippen LogP contribution in [0.2, 0.25) is 0 Å². The molecule has 168 valence electrons. The Hall–Kier alpha value is -3.55. The molecule has 1 amide bonds. The van der Waals surface area contributed by atoms with E-state index in [1.54, 1.807) is 33.5 Å². The van der Waals surface area contributed by atoms with Crippen LogP contribution in [-0.2, 0) is 11.2 Å². The second-order valence-corrected chi connectivity index (χ2v) is 7.71. The smallest absolute Gasteiger partial charge is 0.231 e. The molecule has 4 rings (SSSR count). The summed E-state index contributed by atoms with van der Waals surface area (Å²) in [6.45, 7) is 1.32. The average molecular weight is 437 g/mol. The predicted octanol–water partition coefficient (Wildman–Crippen LogP) is 3.71. The van der Waals surface area contributed by atoms with Crippen molar-refractivity contribution in [3.63, 3.8) is 0 Å². The van der Waals surface area contributed by atoms with Crippen LogP contribution in [0, 0.1) is 0 Å². The number of likely N-dealkylation sites (tertiary alicyclic amines) is 1. The number of hydrogen-bond acceptors (Lipinski definition) is 7. The molecule has 1 aliphatic rings. The molecule has 0 bridgehead atoms. The van der Waals surface area contributed by atoms with E-state index < -0.39 is 0 Å². The number of benzene rings is 2. The highest BCUT2D eigenvalue weighted by molar-refractivity contribution is 5.79. The molecule has 1 aromatic heterocycles. The molecule has 1 unspecified atom stereocenters. The fourth-order valence-corrected chi connectivity index (χ4v) is 4.02. The quantitative estimate of drug-likeness (QED) is 0.557. The molecule has 0 spiro atoms. The first-order chi connectivity index (χ1) is 15.6.